The lowest BCUT2D eigenvalue weighted by Gasteiger charge is -2.25. The average molecular weight is 402 g/mol. The molecule has 1 amide bonds. The molecule has 0 bridgehead atoms. The highest BCUT2D eigenvalue weighted by Gasteiger charge is 2.40. The fraction of sp³-hybridized carbons (Fsp3) is 0.350. The molecule has 150 valence electrons. The zero-order chi connectivity index (χ0) is 20.2. The Balaban J connectivity index is 1.70. The number of amides is 1. The van der Waals surface area contributed by atoms with E-state index in [2.05, 4.69) is 10.1 Å². The summed E-state index contributed by atoms with van der Waals surface area (Å²) >= 11 is 0. The number of halogens is 3. The summed E-state index contributed by atoms with van der Waals surface area (Å²) in [4.78, 5) is 18.8. The van der Waals surface area contributed by atoms with E-state index in [0.717, 1.165) is 10.1 Å². The van der Waals surface area contributed by atoms with E-state index in [1.165, 1.54) is 11.0 Å². The largest absolute Gasteiger partial charge is 0.433 e. The molecule has 0 spiro atoms. The minimum Gasteiger partial charge on any atom is -0.378 e. The first-order valence-electron chi connectivity index (χ1n) is 9.38. The maximum atomic E-state index is 14.0. The number of fused-ring (bicyclic) bond motifs is 4. The molecule has 29 heavy (non-hydrogen) atoms. The van der Waals surface area contributed by atoms with Gasteiger partial charge in [-0.3, -0.25) is 4.79 Å². The average Bonchev–Trinajstić information content (AvgIpc) is 3.14. The Hall–Kier alpha value is -2.94. The molecule has 0 radical (unpaired) electrons. The van der Waals surface area contributed by atoms with Crippen LogP contribution in [0.4, 0.5) is 13.2 Å². The summed E-state index contributed by atoms with van der Waals surface area (Å²) in [5.41, 5.74) is 1.23. The predicted octanol–water partition coefficient (Wildman–Crippen LogP) is 2.99. The minimum absolute atomic E-state index is 0.0180. The van der Waals surface area contributed by atoms with Crippen LogP contribution in [0.25, 0.3) is 16.9 Å². The van der Waals surface area contributed by atoms with Crippen LogP contribution in [0.15, 0.2) is 30.3 Å². The molecule has 1 fully saturated rings. The Morgan fingerprint density at radius 2 is 1.86 bits per heavy atom. The number of carbonyl (C=O) groups excluding carboxylic acids is 1. The summed E-state index contributed by atoms with van der Waals surface area (Å²) in [5.74, 6) is -0.412. The van der Waals surface area contributed by atoms with E-state index in [1.807, 2.05) is 12.1 Å². The lowest BCUT2D eigenvalue weighted by molar-refractivity contribution is -0.143. The monoisotopic (exact) mass is 402 g/mol. The summed E-state index contributed by atoms with van der Waals surface area (Å²) in [6.07, 6.45) is -3.90. The van der Waals surface area contributed by atoms with Gasteiger partial charge in [0.15, 0.2) is 17.0 Å². The first-order valence-corrected chi connectivity index (χ1v) is 9.38. The lowest BCUT2D eigenvalue weighted by atomic mass is 9.88. The van der Waals surface area contributed by atoms with Crippen LogP contribution in [-0.2, 0) is 23.8 Å². The van der Waals surface area contributed by atoms with Crippen molar-refractivity contribution in [1.82, 2.24) is 19.5 Å². The van der Waals surface area contributed by atoms with Crippen LogP contribution < -0.4 is 0 Å². The molecule has 5 rings (SSSR count). The second-order valence-electron chi connectivity index (χ2n) is 7.15. The highest BCUT2D eigenvalue weighted by Crippen LogP contribution is 2.40. The molecule has 1 aliphatic carbocycles. The Morgan fingerprint density at radius 1 is 1.10 bits per heavy atom. The van der Waals surface area contributed by atoms with E-state index in [0.29, 0.717) is 44.0 Å². The molecule has 1 aromatic carbocycles. The lowest BCUT2D eigenvalue weighted by Crippen LogP contribution is -2.40. The first kappa shape index (κ1) is 18.1. The van der Waals surface area contributed by atoms with Gasteiger partial charge in [0.25, 0.3) is 5.91 Å². The molecule has 3 heterocycles. The Kier molecular flexibility index (Phi) is 4.09. The van der Waals surface area contributed by atoms with Crippen molar-refractivity contribution in [2.75, 3.05) is 26.3 Å². The normalized spacial score (nSPS) is 16.6. The summed E-state index contributed by atoms with van der Waals surface area (Å²) < 4.78 is 48.1. The van der Waals surface area contributed by atoms with Gasteiger partial charge in [0.05, 0.1) is 18.9 Å². The number of hydrogen-bond acceptors (Lipinski definition) is 4. The number of hydrogen-bond donors (Lipinski definition) is 0. The van der Waals surface area contributed by atoms with Crippen LogP contribution in [0.3, 0.4) is 0 Å². The molecule has 0 saturated carbocycles. The number of aryl methyl sites for hydroxylation is 1. The van der Waals surface area contributed by atoms with Crippen LogP contribution in [0, 0.1) is 0 Å². The number of carbonyl (C=O) groups is 1. The van der Waals surface area contributed by atoms with Crippen LogP contribution in [0.1, 0.15) is 27.3 Å². The molecule has 0 N–H and O–H groups in total. The third kappa shape index (κ3) is 2.96. The van der Waals surface area contributed by atoms with Gasteiger partial charge in [-0.1, -0.05) is 24.3 Å². The van der Waals surface area contributed by atoms with Crippen LogP contribution in [0.2, 0.25) is 0 Å². The van der Waals surface area contributed by atoms with E-state index >= 15 is 0 Å². The van der Waals surface area contributed by atoms with Crippen molar-refractivity contribution in [1.29, 1.82) is 0 Å². The summed E-state index contributed by atoms with van der Waals surface area (Å²) in [5, 5.41) is 4.02. The minimum atomic E-state index is -4.62. The van der Waals surface area contributed by atoms with Gasteiger partial charge in [-0.25, -0.2) is 9.50 Å². The zero-order valence-corrected chi connectivity index (χ0v) is 15.4. The van der Waals surface area contributed by atoms with Crippen molar-refractivity contribution < 1.29 is 22.7 Å². The molecular formula is C20H17F3N4O2. The topological polar surface area (TPSA) is 59.7 Å². The molecule has 1 aliphatic heterocycles. The van der Waals surface area contributed by atoms with Crippen LogP contribution in [-0.4, -0.2) is 51.7 Å². The number of alkyl halides is 3. The fourth-order valence-electron chi connectivity index (χ4n) is 4.05. The van der Waals surface area contributed by atoms with Gasteiger partial charge < -0.3 is 9.64 Å². The molecule has 2 aliphatic rings. The van der Waals surface area contributed by atoms with E-state index in [-0.39, 0.29) is 23.3 Å². The second-order valence-corrected chi connectivity index (χ2v) is 7.15. The van der Waals surface area contributed by atoms with Gasteiger partial charge in [-0.15, -0.1) is 0 Å². The molecule has 3 aromatic rings. The Morgan fingerprint density at radius 3 is 2.62 bits per heavy atom. The highest BCUT2D eigenvalue weighted by molar-refractivity contribution is 5.93. The highest BCUT2D eigenvalue weighted by atomic mass is 19.4. The van der Waals surface area contributed by atoms with E-state index < -0.39 is 17.8 Å². The summed E-state index contributed by atoms with van der Waals surface area (Å²) in [6.45, 7) is 1.57. The van der Waals surface area contributed by atoms with Gasteiger partial charge in [-0.2, -0.15) is 18.3 Å². The van der Waals surface area contributed by atoms with Crippen LogP contribution in [0.5, 0.6) is 0 Å². The maximum Gasteiger partial charge on any atom is 0.433 e. The maximum absolute atomic E-state index is 14.0. The zero-order valence-electron chi connectivity index (χ0n) is 15.4. The number of ether oxygens (including phenoxy) is 1. The van der Waals surface area contributed by atoms with Gasteiger partial charge in [0.2, 0.25) is 0 Å². The standard InChI is InChI=1S/C20H17F3N4O2/c21-20(22,23)18-14-6-5-12-3-1-2-4-13(12)17(14)24-16-11-15(25-27(16)18)19(28)26-7-9-29-10-8-26/h1-4,11H,5-10H2. The van der Waals surface area contributed by atoms with Crippen molar-refractivity contribution in [3.8, 4) is 11.3 Å². The van der Waals surface area contributed by atoms with Crippen molar-refractivity contribution in [2.45, 2.75) is 19.0 Å². The van der Waals surface area contributed by atoms with Gasteiger partial charge in [0.1, 0.15) is 0 Å². The Labute approximate surface area is 163 Å². The Bertz CT molecular complexity index is 1120. The third-order valence-electron chi connectivity index (χ3n) is 5.40. The van der Waals surface area contributed by atoms with Crippen molar-refractivity contribution in [2.24, 2.45) is 0 Å². The molecule has 6 nitrogen and oxygen atoms in total. The summed E-state index contributed by atoms with van der Waals surface area (Å²) in [7, 11) is 0. The number of morpholine rings is 1. The smallest absolute Gasteiger partial charge is 0.378 e. The summed E-state index contributed by atoms with van der Waals surface area (Å²) in [6, 6.07) is 8.68. The van der Waals surface area contributed by atoms with Gasteiger partial charge >= 0.3 is 6.18 Å². The van der Waals surface area contributed by atoms with Crippen molar-refractivity contribution >= 4 is 11.6 Å². The fourth-order valence-corrected chi connectivity index (χ4v) is 4.05. The number of benzene rings is 1. The molecule has 1 saturated heterocycles. The van der Waals surface area contributed by atoms with E-state index in [4.69, 9.17) is 4.74 Å². The third-order valence-corrected chi connectivity index (χ3v) is 5.40. The van der Waals surface area contributed by atoms with Crippen molar-refractivity contribution in [3.05, 3.63) is 52.8 Å². The molecular weight excluding hydrogens is 385 g/mol. The van der Waals surface area contributed by atoms with Crippen LogP contribution >= 0.6 is 0 Å². The van der Waals surface area contributed by atoms with Gasteiger partial charge in [-0.05, 0) is 18.4 Å². The number of nitrogens with zero attached hydrogens (tertiary/aromatic N) is 4. The number of rotatable bonds is 1. The molecule has 0 unspecified atom stereocenters. The second kappa shape index (κ2) is 6.55. The predicted molar refractivity (Wildman–Crippen MR) is 97.6 cm³/mol. The van der Waals surface area contributed by atoms with E-state index in [1.54, 1.807) is 12.1 Å². The van der Waals surface area contributed by atoms with E-state index in [9.17, 15) is 18.0 Å². The molecule has 0 atom stereocenters. The quantitative estimate of drug-likeness (QED) is 0.628. The van der Waals surface area contributed by atoms with Gasteiger partial charge in [0, 0.05) is 30.3 Å². The number of aromatic nitrogens is 3. The first-order chi connectivity index (χ1) is 13.9. The van der Waals surface area contributed by atoms with Crippen molar-refractivity contribution in [3.63, 3.8) is 0 Å². The molecule has 2 aromatic heterocycles. The SMILES string of the molecule is O=C(c1cc2nc3c(c(C(F)(F)F)n2n1)CCc1ccccc1-3)N1CCOCC1. The molecule has 9 heteroatoms.